The molecular formula is C20H23N3O2. The highest BCUT2D eigenvalue weighted by atomic mass is 16.5. The summed E-state index contributed by atoms with van der Waals surface area (Å²) in [6.07, 6.45) is 4.68. The van der Waals surface area contributed by atoms with E-state index in [2.05, 4.69) is 10.3 Å². The molecule has 0 saturated carbocycles. The molecule has 0 aliphatic rings. The van der Waals surface area contributed by atoms with E-state index >= 15 is 0 Å². The van der Waals surface area contributed by atoms with Crippen molar-refractivity contribution in [1.29, 1.82) is 0 Å². The van der Waals surface area contributed by atoms with Crippen LogP contribution < -0.4 is 10.1 Å². The van der Waals surface area contributed by atoms with Gasteiger partial charge < -0.3 is 14.5 Å². The van der Waals surface area contributed by atoms with E-state index in [-0.39, 0.29) is 12.5 Å². The number of nitrogens with zero attached hydrogens (tertiary/aromatic N) is 2. The lowest BCUT2D eigenvalue weighted by Crippen LogP contribution is -2.30. The minimum absolute atomic E-state index is 0.0225. The van der Waals surface area contributed by atoms with Gasteiger partial charge in [0.15, 0.2) is 6.61 Å². The summed E-state index contributed by atoms with van der Waals surface area (Å²) in [6, 6.07) is 10.1. The van der Waals surface area contributed by atoms with Crippen molar-refractivity contribution in [3.63, 3.8) is 0 Å². The van der Waals surface area contributed by atoms with Gasteiger partial charge in [0.1, 0.15) is 11.4 Å². The van der Waals surface area contributed by atoms with Gasteiger partial charge in [0.05, 0.1) is 5.69 Å². The lowest BCUT2D eigenvalue weighted by molar-refractivity contribution is -0.123. The number of hydrogen-bond donors (Lipinski definition) is 1. The number of ether oxygens (including phenoxy) is 1. The Balaban J connectivity index is 1.48. The molecule has 25 heavy (non-hydrogen) atoms. The summed E-state index contributed by atoms with van der Waals surface area (Å²) >= 11 is 0. The van der Waals surface area contributed by atoms with Gasteiger partial charge in [-0.2, -0.15) is 0 Å². The van der Waals surface area contributed by atoms with Crippen molar-refractivity contribution in [2.45, 2.75) is 27.2 Å². The van der Waals surface area contributed by atoms with Crippen LogP contribution in [0, 0.1) is 20.8 Å². The molecule has 1 N–H and O–H groups in total. The molecule has 0 atom stereocenters. The summed E-state index contributed by atoms with van der Waals surface area (Å²) < 4.78 is 7.61. The molecule has 0 fully saturated rings. The third-order valence-electron chi connectivity index (χ3n) is 4.07. The van der Waals surface area contributed by atoms with Gasteiger partial charge in [-0.15, -0.1) is 0 Å². The van der Waals surface area contributed by atoms with Crippen molar-refractivity contribution >= 4 is 11.6 Å². The fraction of sp³-hybridized carbons (Fsp3) is 0.300. The SMILES string of the molecule is Cc1ccc(C)c(OCC(=O)NCCc2cn3ccc(C)cc3n2)c1. The molecule has 1 aromatic carbocycles. The van der Waals surface area contributed by atoms with Crippen molar-refractivity contribution in [2.24, 2.45) is 0 Å². The number of nitrogens with one attached hydrogen (secondary N) is 1. The van der Waals surface area contributed by atoms with Crippen molar-refractivity contribution < 1.29 is 9.53 Å². The average molecular weight is 337 g/mol. The van der Waals surface area contributed by atoms with E-state index in [0.717, 1.165) is 28.2 Å². The van der Waals surface area contributed by atoms with Crippen LogP contribution in [0.4, 0.5) is 0 Å². The molecular weight excluding hydrogens is 314 g/mol. The standard InChI is InChI=1S/C20H23N3O2/c1-14-4-5-16(3)18(10-14)25-13-20(24)21-8-6-17-12-23-9-7-15(2)11-19(23)22-17/h4-5,7,9-12H,6,8,13H2,1-3H3,(H,21,24). The van der Waals surface area contributed by atoms with Crippen molar-refractivity contribution in [1.82, 2.24) is 14.7 Å². The van der Waals surface area contributed by atoms with Crippen LogP contribution in [0.3, 0.4) is 0 Å². The van der Waals surface area contributed by atoms with Gasteiger partial charge in [0.25, 0.3) is 5.91 Å². The van der Waals surface area contributed by atoms with E-state index in [1.165, 1.54) is 5.56 Å². The van der Waals surface area contributed by atoms with Crippen LogP contribution in [0.25, 0.3) is 5.65 Å². The summed E-state index contributed by atoms with van der Waals surface area (Å²) in [5, 5.41) is 2.88. The largest absolute Gasteiger partial charge is 0.483 e. The Kier molecular flexibility index (Phi) is 5.03. The molecule has 1 amide bonds. The molecule has 5 heteroatoms. The zero-order chi connectivity index (χ0) is 17.8. The third-order valence-corrected chi connectivity index (χ3v) is 4.07. The number of carbonyl (C=O) groups excluding carboxylic acids is 1. The first-order valence-corrected chi connectivity index (χ1v) is 8.42. The molecule has 3 aromatic rings. The number of benzene rings is 1. The van der Waals surface area contributed by atoms with Crippen molar-refractivity contribution in [3.8, 4) is 5.75 Å². The Morgan fingerprint density at radius 2 is 1.96 bits per heavy atom. The quantitative estimate of drug-likeness (QED) is 0.752. The third kappa shape index (κ3) is 4.38. The second-order valence-corrected chi connectivity index (χ2v) is 6.36. The molecule has 0 bridgehead atoms. The van der Waals surface area contributed by atoms with Gasteiger partial charge in [-0.3, -0.25) is 4.79 Å². The average Bonchev–Trinajstić information content (AvgIpc) is 2.97. The molecule has 0 aliphatic heterocycles. The summed E-state index contributed by atoms with van der Waals surface area (Å²) in [5.74, 6) is 0.631. The highest BCUT2D eigenvalue weighted by Crippen LogP contribution is 2.18. The maximum Gasteiger partial charge on any atom is 0.257 e. The van der Waals surface area contributed by atoms with Gasteiger partial charge in [-0.05, 0) is 55.7 Å². The normalized spacial score (nSPS) is 10.8. The minimum Gasteiger partial charge on any atom is -0.483 e. The minimum atomic E-state index is -0.125. The van der Waals surface area contributed by atoms with E-state index in [4.69, 9.17) is 4.74 Å². The molecule has 130 valence electrons. The number of fused-ring (bicyclic) bond motifs is 1. The number of aromatic nitrogens is 2. The topological polar surface area (TPSA) is 55.6 Å². The van der Waals surface area contributed by atoms with Crippen molar-refractivity contribution in [2.75, 3.05) is 13.2 Å². The smallest absolute Gasteiger partial charge is 0.257 e. The first-order valence-electron chi connectivity index (χ1n) is 8.42. The fourth-order valence-electron chi connectivity index (χ4n) is 2.64. The van der Waals surface area contributed by atoms with E-state index < -0.39 is 0 Å². The molecule has 0 spiro atoms. The Labute approximate surface area is 147 Å². The number of pyridine rings is 1. The monoisotopic (exact) mass is 337 g/mol. The molecule has 2 aromatic heterocycles. The highest BCUT2D eigenvalue weighted by molar-refractivity contribution is 5.77. The van der Waals surface area contributed by atoms with Gasteiger partial charge in [0, 0.05) is 25.4 Å². The van der Waals surface area contributed by atoms with Gasteiger partial charge in [-0.25, -0.2) is 4.98 Å². The maximum absolute atomic E-state index is 12.0. The second-order valence-electron chi connectivity index (χ2n) is 6.36. The van der Waals surface area contributed by atoms with E-state index in [1.54, 1.807) is 0 Å². The summed E-state index contributed by atoms with van der Waals surface area (Å²) in [5.41, 5.74) is 5.21. The lowest BCUT2D eigenvalue weighted by atomic mass is 10.1. The molecule has 0 aliphatic carbocycles. The van der Waals surface area contributed by atoms with Gasteiger partial charge in [0.2, 0.25) is 0 Å². The molecule has 3 rings (SSSR count). The zero-order valence-electron chi connectivity index (χ0n) is 14.9. The van der Waals surface area contributed by atoms with Crippen LogP contribution in [0.2, 0.25) is 0 Å². The van der Waals surface area contributed by atoms with Crippen molar-refractivity contribution in [3.05, 3.63) is 65.1 Å². The Morgan fingerprint density at radius 3 is 2.80 bits per heavy atom. The number of amides is 1. The molecule has 0 saturated heterocycles. The predicted molar refractivity (Wildman–Crippen MR) is 98.1 cm³/mol. The Morgan fingerprint density at radius 1 is 1.16 bits per heavy atom. The van der Waals surface area contributed by atoms with Crippen LogP contribution in [0.1, 0.15) is 22.4 Å². The van der Waals surface area contributed by atoms with Crippen LogP contribution in [-0.2, 0) is 11.2 Å². The Hall–Kier alpha value is -2.82. The number of hydrogen-bond acceptors (Lipinski definition) is 3. The molecule has 5 nitrogen and oxygen atoms in total. The predicted octanol–water partition coefficient (Wildman–Crippen LogP) is 3.00. The molecule has 0 radical (unpaired) electrons. The first kappa shape index (κ1) is 17.0. The second kappa shape index (κ2) is 7.38. The summed E-state index contributed by atoms with van der Waals surface area (Å²) in [4.78, 5) is 16.5. The van der Waals surface area contributed by atoms with E-state index in [0.29, 0.717) is 13.0 Å². The molecule has 2 heterocycles. The zero-order valence-corrected chi connectivity index (χ0v) is 14.9. The summed E-state index contributed by atoms with van der Waals surface area (Å²) in [6.45, 7) is 6.58. The maximum atomic E-state index is 12.0. The number of imidazole rings is 1. The Bertz CT molecular complexity index is 899. The first-order chi connectivity index (χ1) is 12.0. The van der Waals surface area contributed by atoms with Crippen LogP contribution >= 0.6 is 0 Å². The number of rotatable bonds is 6. The number of carbonyl (C=O) groups is 1. The van der Waals surface area contributed by atoms with E-state index in [9.17, 15) is 4.79 Å². The van der Waals surface area contributed by atoms with E-state index in [1.807, 2.05) is 67.9 Å². The van der Waals surface area contributed by atoms with Crippen LogP contribution in [0.15, 0.2) is 42.7 Å². The van der Waals surface area contributed by atoms with Gasteiger partial charge in [-0.1, -0.05) is 12.1 Å². The van der Waals surface area contributed by atoms with Crippen LogP contribution in [-0.4, -0.2) is 28.4 Å². The summed E-state index contributed by atoms with van der Waals surface area (Å²) in [7, 11) is 0. The lowest BCUT2D eigenvalue weighted by Gasteiger charge is -2.10. The fourth-order valence-corrected chi connectivity index (χ4v) is 2.64. The van der Waals surface area contributed by atoms with Gasteiger partial charge >= 0.3 is 0 Å². The van der Waals surface area contributed by atoms with Crippen LogP contribution in [0.5, 0.6) is 5.75 Å². The molecule has 0 unspecified atom stereocenters. The number of aryl methyl sites for hydroxylation is 3. The highest BCUT2D eigenvalue weighted by Gasteiger charge is 2.06.